The lowest BCUT2D eigenvalue weighted by Crippen LogP contribution is -2.43. The number of benzene rings is 1. The van der Waals surface area contributed by atoms with Crippen molar-refractivity contribution in [3.63, 3.8) is 0 Å². The van der Waals surface area contributed by atoms with Gasteiger partial charge in [0.25, 0.3) is 5.91 Å². The van der Waals surface area contributed by atoms with Crippen molar-refractivity contribution in [2.75, 3.05) is 5.32 Å². The number of nitrogens with one attached hydrogen (secondary N) is 3. The molecule has 100 valence electrons. The van der Waals surface area contributed by atoms with Crippen molar-refractivity contribution in [3.05, 3.63) is 53.6 Å². The van der Waals surface area contributed by atoms with E-state index in [1.807, 2.05) is 13.0 Å². The fourth-order valence-electron chi connectivity index (χ4n) is 1.11. The van der Waals surface area contributed by atoms with Crippen molar-refractivity contribution >= 4 is 40.5 Å². The van der Waals surface area contributed by atoms with Crippen molar-refractivity contribution in [2.24, 2.45) is 0 Å². The summed E-state index contributed by atoms with van der Waals surface area (Å²) in [5, 5.41) is 3.83. The number of halogens is 1. The maximum atomic E-state index is 11.3. The second-order valence-electron chi connectivity index (χ2n) is 3.46. The molecule has 0 unspecified atom stereocenters. The third-order valence-corrected chi connectivity index (χ3v) is 2.41. The number of hydrogen-bond donors (Lipinski definition) is 3. The summed E-state index contributed by atoms with van der Waals surface area (Å²) in [6.45, 7) is 1.87. The highest BCUT2D eigenvalue weighted by molar-refractivity contribution is 7.80. The van der Waals surface area contributed by atoms with Crippen molar-refractivity contribution in [1.82, 2.24) is 10.9 Å². The largest absolute Gasteiger partial charge is 0.331 e. The Bertz CT molecular complexity index is 497. The molecule has 0 aromatic heterocycles. The van der Waals surface area contributed by atoms with Crippen LogP contribution < -0.4 is 16.2 Å². The number of allylic oxidation sites excluding steroid dienone is 3. The molecule has 0 atom stereocenters. The number of thiocarbonyl (C=S) groups is 1. The van der Waals surface area contributed by atoms with Crippen LogP contribution in [0.1, 0.15) is 6.92 Å². The minimum absolute atomic E-state index is 0.287. The molecular weight excluding hydrogens is 282 g/mol. The molecule has 4 nitrogen and oxygen atoms in total. The van der Waals surface area contributed by atoms with Gasteiger partial charge in [0.15, 0.2) is 5.11 Å². The predicted molar refractivity (Wildman–Crippen MR) is 82.9 cm³/mol. The summed E-state index contributed by atoms with van der Waals surface area (Å²) >= 11 is 10.8. The van der Waals surface area contributed by atoms with Crippen LogP contribution in [0.15, 0.2) is 48.6 Å². The second-order valence-corrected chi connectivity index (χ2v) is 4.30. The van der Waals surface area contributed by atoms with Crippen LogP contribution in [-0.4, -0.2) is 11.0 Å². The average molecular weight is 296 g/mol. The molecule has 0 fully saturated rings. The van der Waals surface area contributed by atoms with Crippen LogP contribution in [0.4, 0.5) is 5.69 Å². The van der Waals surface area contributed by atoms with E-state index >= 15 is 0 Å². The molecule has 6 heteroatoms. The molecule has 0 spiro atoms. The second kappa shape index (κ2) is 8.29. The molecule has 0 saturated carbocycles. The van der Waals surface area contributed by atoms with Crippen LogP contribution >= 0.6 is 23.8 Å². The molecule has 0 bridgehead atoms. The summed E-state index contributed by atoms with van der Waals surface area (Å²) in [6, 6.07) is 7.05. The number of carbonyl (C=O) groups excluding carboxylic acids is 1. The van der Waals surface area contributed by atoms with Crippen LogP contribution in [0.25, 0.3) is 0 Å². The van der Waals surface area contributed by atoms with E-state index in [1.165, 1.54) is 6.08 Å². The van der Waals surface area contributed by atoms with Crippen LogP contribution in [0.2, 0.25) is 5.02 Å². The highest BCUT2D eigenvalue weighted by atomic mass is 35.5. The fourth-order valence-corrected chi connectivity index (χ4v) is 1.40. The molecule has 1 rings (SSSR count). The average Bonchev–Trinajstić information content (AvgIpc) is 2.39. The van der Waals surface area contributed by atoms with E-state index in [0.29, 0.717) is 5.02 Å². The number of anilines is 1. The van der Waals surface area contributed by atoms with Gasteiger partial charge in [0, 0.05) is 16.8 Å². The summed E-state index contributed by atoms with van der Waals surface area (Å²) in [4.78, 5) is 11.3. The first kappa shape index (κ1) is 15.2. The van der Waals surface area contributed by atoms with Gasteiger partial charge in [0.05, 0.1) is 0 Å². The van der Waals surface area contributed by atoms with E-state index in [2.05, 4.69) is 16.2 Å². The number of rotatable bonds is 3. The van der Waals surface area contributed by atoms with Crippen LogP contribution in [-0.2, 0) is 4.79 Å². The number of amides is 1. The zero-order valence-electron chi connectivity index (χ0n) is 10.3. The first-order valence-electron chi connectivity index (χ1n) is 5.53. The van der Waals surface area contributed by atoms with E-state index in [9.17, 15) is 4.79 Å². The Kier molecular flexibility index (Phi) is 6.63. The first-order valence-corrected chi connectivity index (χ1v) is 6.32. The lowest BCUT2D eigenvalue weighted by atomic mass is 10.3. The smallest absolute Gasteiger partial charge is 0.262 e. The lowest BCUT2D eigenvalue weighted by Gasteiger charge is -2.10. The van der Waals surface area contributed by atoms with Gasteiger partial charge in [-0.05, 0) is 43.4 Å². The summed E-state index contributed by atoms with van der Waals surface area (Å²) in [7, 11) is 0. The quantitative estimate of drug-likeness (QED) is 0.347. The molecule has 1 amide bonds. The summed E-state index contributed by atoms with van der Waals surface area (Å²) in [5.41, 5.74) is 5.80. The van der Waals surface area contributed by atoms with Crippen molar-refractivity contribution < 1.29 is 4.79 Å². The third kappa shape index (κ3) is 6.59. The molecule has 0 saturated heterocycles. The van der Waals surface area contributed by atoms with Gasteiger partial charge < -0.3 is 5.32 Å². The Morgan fingerprint density at radius 1 is 1.21 bits per heavy atom. The number of hydrazine groups is 1. The molecule has 19 heavy (non-hydrogen) atoms. The molecule has 0 heterocycles. The van der Waals surface area contributed by atoms with Gasteiger partial charge in [-0.1, -0.05) is 29.8 Å². The summed E-state index contributed by atoms with van der Waals surface area (Å²) < 4.78 is 0. The summed E-state index contributed by atoms with van der Waals surface area (Å²) in [5.74, 6) is -0.293. The van der Waals surface area contributed by atoms with Crippen molar-refractivity contribution in [2.45, 2.75) is 6.92 Å². The Hall–Kier alpha value is -1.85. The zero-order valence-corrected chi connectivity index (χ0v) is 11.9. The van der Waals surface area contributed by atoms with Crippen molar-refractivity contribution in [3.8, 4) is 0 Å². The molecular formula is C13H14ClN3OS. The molecule has 3 N–H and O–H groups in total. The van der Waals surface area contributed by atoms with Gasteiger partial charge in [0.2, 0.25) is 0 Å². The third-order valence-electron chi connectivity index (χ3n) is 1.95. The Morgan fingerprint density at radius 2 is 1.89 bits per heavy atom. The standard InChI is InChI=1S/C13H14ClN3OS/c1-2-3-4-5-12(18)16-17-13(19)15-11-8-6-10(14)7-9-11/h2-9H,1H3,(H,16,18)(H2,15,17,19)/b3-2+,5-4+. The van der Waals surface area contributed by atoms with Gasteiger partial charge >= 0.3 is 0 Å². The van der Waals surface area contributed by atoms with Gasteiger partial charge in [-0.15, -0.1) is 0 Å². The molecule has 0 aliphatic rings. The highest BCUT2D eigenvalue weighted by Crippen LogP contribution is 2.12. The maximum Gasteiger partial charge on any atom is 0.262 e. The van der Waals surface area contributed by atoms with Crippen LogP contribution in [0.3, 0.4) is 0 Å². The van der Waals surface area contributed by atoms with Crippen molar-refractivity contribution in [1.29, 1.82) is 0 Å². The van der Waals surface area contributed by atoms with E-state index in [0.717, 1.165) is 5.69 Å². The fraction of sp³-hybridized carbons (Fsp3) is 0.0769. The SMILES string of the molecule is C/C=C/C=C/C(=O)NNC(=S)Nc1ccc(Cl)cc1. The van der Waals surface area contributed by atoms with Gasteiger partial charge in [-0.2, -0.15) is 0 Å². The van der Waals surface area contributed by atoms with Gasteiger partial charge in [-0.25, -0.2) is 0 Å². The molecule has 1 aromatic rings. The monoisotopic (exact) mass is 295 g/mol. The predicted octanol–water partition coefficient (Wildman–Crippen LogP) is 2.79. The van der Waals surface area contributed by atoms with Gasteiger partial charge in [0.1, 0.15) is 0 Å². The molecule has 0 radical (unpaired) electrons. The Balaban J connectivity index is 2.35. The molecule has 0 aliphatic heterocycles. The Morgan fingerprint density at radius 3 is 2.53 bits per heavy atom. The first-order chi connectivity index (χ1) is 9.11. The van der Waals surface area contributed by atoms with E-state index in [4.69, 9.17) is 23.8 Å². The van der Waals surface area contributed by atoms with E-state index in [1.54, 1.807) is 36.4 Å². The minimum Gasteiger partial charge on any atom is -0.331 e. The maximum absolute atomic E-state index is 11.3. The molecule has 1 aromatic carbocycles. The lowest BCUT2D eigenvalue weighted by molar-refractivity contribution is -0.117. The van der Waals surface area contributed by atoms with E-state index in [-0.39, 0.29) is 11.0 Å². The minimum atomic E-state index is -0.293. The normalized spacial score (nSPS) is 10.6. The number of carbonyl (C=O) groups is 1. The van der Waals surface area contributed by atoms with E-state index < -0.39 is 0 Å². The Labute approximate surface area is 122 Å². The van der Waals surface area contributed by atoms with Gasteiger partial charge in [-0.3, -0.25) is 15.6 Å². The summed E-state index contributed by atoms with van der Waals surface area (Å²) in [6.07, 6.45) is 6.60. The topological polar surface area (TPSA) is 53.2 Å². The molecule has 0 aliphatic carbocycles. The zero-order chi connectivity index (χ0) is 14.1. The van der Waals surface area contributed by atoms with Crippen LogP contribution in [0.5, 0.6) is 0 Å². The van der Waals surface area contributed by atoms with Crippen LogP contribution in [0, 0.1) is 0 Å². The highest BCUT2D eigenvalue weighted by Gasteiger charge is 1.98. The number of hydrogen-bond acceptors (Lipinski definition) is 2.